The van der Waals surface area contributed by atoms with Crippen molar-refractivity contribution in [2.45, 2.75) is 0 Å². The maximum Gasteiger partial charge on any atom is 0.257 e. The van der Waals surface area contributed by atoms with Crippen molar-refractivity contribution in [2.75, 3.05) is 40.5 Å². The van der Waals surface area contributed by atoms with Gasteiger partial charge < -0.3 is 14.4 Å². The van der Waals surface area contributed by atoms with Crippen molar-refractivity contribution >= 4 is 17.5 Å². The highest BCUT2D eigenvalue weighted by Gasteiger charge is 2.18. The highest BCUT2D eigenvalue weighted by atomic mass is 35.5. The van der Waals surface area contributed by atoms with Crippen LogP contribution in [0.3, 0.4) is 0 Å². The van der Waals surface area contributed by atoms with E-state index in [0.29, 0.717) is 31.9 Å². The van der Waals surface area contributed by atoms with Gasteiger partial charge in [-0.3, -0.25) is 4.79 Å². The van der Waals surface area contributed by atoms with Gasteiger partial charge in [0.05, 0.1) is 18.8 Å². The zero-order valence-electron chi connectivity index (χ0n) is 10.6. The van der Waals surface area contributed by atoms with Crippen LogP contribution in [-0.2, 0) is 9.47 Å². The van der Waals surface area contributed by atoms with E-state index in [-0.39, 0.29) is 11.1 Å². The fourth-order valence-electron chi connectivity index (χ4n) is 1.43. The number of methoxy groups -OCH3 is 2. The Labute approximate surface area is 112 Å². The van der Waals surface area contributed by atoms with E-state index < -0.39 is 0 Å². The molecule has 0 aliphatic heterocycles. The van der Waals surface area contributed by atoms with Crippen LogP contribution in [0, 0.1) is 0 Å². The molecule has 18 heavy (non-hydrogen) atoms. The predicted octanol–water partition coefficient (Wildman–Crippen LogP) is 1.47. The van der Waals surface area contributed by atoms with Gasteiger partial charge in [0, 0.05) is 33.5 Å². The average Bonchev–Trinajstić information content (AvgIpc) is 2.39. The lowest BCUT2D eigenvalue weighted by Crippen LogP contribution is -2.36. The van der Waals surface area contributed by atoms with Gasteiger partial charge in [0.1, 0.15) is 5.15 Å². The molecule has 0 aliphatic rings. The first-order chi connectivity index (χ1) is 8.70. The molecular formula is C12H17ClN2O3. The zero-order valence-corrected chi connectivity index (χ0v) is 11.3. The third-order valence-electron chi connectivity index (χ3n) is 2.41. The van der Waals surface area contributed by atoms with Crippen LogP contribution in [0.25, 0.3) is 0 Å². The van der Waals surface area contributed by atoms with Crippen molar-refractivity contribution in [3.05, 3.63) is 29.0 Å². The van der Waals surface area contributed by atoms with Crippen molar-refractivity contribution < 1.29 is 14.3 Å². The molecule has 1 aromatic heterocycles. The molecule has 0 radical (unpaired) electrons. The summed E-state index contributed by atoms with van der Waals surface area (Å²) in [6, 6.07) is 3.34. The van der Waals surface area contributed by atoms with Gasteiger partial charge in [-0.1, -0.05) is 11.6 Å². The van der Waals surface area contributed by atoms with E-state index in [2.05, 4.69) is 4.98 Å². The summed E-state index contributed by atoms with van der Waals surface area (Å²) in [5, 5.41) is 0.210. The molecule has 100 valence electrons. The molecule has 1 aromatic rings. The summed E-state index contributed by atoms with van der Waals surface area (Å²) in [5.41, 5.74) is 0.395. The van der Waals surface area contributed by atoms with Gasteiger partial charge in [0.25, 0.3) is 5.91 Å². The van der Waals surface area contributed by atoms with Crippen molar-refractivity contribution in [3.8, 4) is 0 Å². The molecule has 0 aliphatic carbocycles. The number of pyridine rings is 1. The SMILES string of the molecule is COCCN(CCOC)C(=O)c1cccnc1Cl. The van der Waals surface area contributed by atoms with Crippen molar-refractivity contribution in [1.82, 2.24) is 9.88 Å². The van der Waals surface area contributed by atoms with E-state index in [1.807, 2.05) is 0 Å². The van der Waals surface area contributed by atoms with E-state index in [0.717, 1.165) is 0 Å². The van der Waals surface area contributed by atoms with E-state index in [9.17, 15) is 4.79 Å². The van der Waals surface area contributed by atoms with Crippen molar-refractivity contribution in [3.63, 3.8) is 0 Å². The second-order valence-electron chi connectivity index (χ2n) is 3.62. The summed E-state index contributed by atoms with van der Waals surface area (Å²) in [6.45, 7) is 1.91. The summed E-state index contributed by atoms with van der Waals surface area (Å²) in [5.74, 6) is -0.165. The van der Waals surface area contributed by atoms with Gasteiger partial charge in [0.2, 0.25) is 0 Å². The van der Waals surface area contributed by atoms with Gasteiger partial charge >= 0.3 is 0 Å². The van der Waals surface area contributed by atoms with Crippen molar-refractivity contribution in [2.24, 2.45) is 0 Å². The molecule has 0 bridgehead atoms. The molecule has 1 heterocycles. The van der Waals surface area contributed by atoms with E-state index in [1.54, 1.807) is 37.4 Å². The second kappa shape index (κ2) is 8.02. The maximum atomic E-state index is 12.3. The monoisotopic (exact) mass is 272 g/mol. The number of carbonyl (C=O) groups is 1. The number of rotatable bonds is 7. The number of aromatic nitrogens is 1. The minimum absolute atomic E-state index is 0.165. The fraction of sp³-hybridized carbons (Fsp3) is 0.500. The normalized spacial score (nSPS) is 10.4. The van der Waals surface area contributed by atoms with E-state index in [4.69, 9.17) is 21.1 Å². The van der Waals surface area contributed by atoms with Gasteiger partial charge in [-0.05, 0) is 12.1 Å². The number of hydrogen-bond donors (Lipinski definition) is 0. The van der Waals surface area contributed by atoms with Crippen LogP contribution in [0.4, 0.5) is 0 Å². The molecule has 0 spiro atoms. The lowest BCUT2D eigenvalue weighted by molar-refractivity contribution is 0.0627. The molecule has 5 nitrogen and oxygen atoms in total. The first-order valence-electron chi connectivity index (χ1n) is 5.58. The fourth-order valence-corrected chi connectivity index (χ4v) is 1.63. The Balaban J connectivity index is 2.77. The molecule has 0 saturated carbocycles. The Bertz CT molecular complexity index is 379. The highest BCUT2D eigenvalue weighted by molar-refractivity contribution is 6.32. The summed E-state index contributed by atoms with van der Waals surface area (Å²) < 4.78 is 9.97. The molecule has 0 aromatic carbocycles. The van der Waals surface area contributed by atoms with Crippen LogP contribution in [0.15, 0.2) is 18.3 Å². The Kier molecular flexibility index (Phi) is 6.64. The quantitative estimate of drug-likeness (QED) is 0.706. The number of nitrogens with zero attached hydrogens (tertiary/aromatic N) is 2. The lowest BCUT2D eigenvalue weighted by Gasteiger charge is -2.22. The third kappa shape index (κ3) is 4.25. The maximum absolute atomic E-state index is 12.3. The van der Waals surface area contributed by atoms with Gasteiger partial charge in [-0.25, -0.2) is 4.98 Å². The third-order valence-corrected chi connectivity index (χ3v) is 2.71. The Hall–Kier alpha value is -1.17. The molecule has 6 heteroatoms. The Morgan fingerprint density at radius 3 is 2.44 bits per heavy atom. The molecular weight excluding hydrogens is 256 g/mol. The molecule has 0 unspecified atom stereocenters. The van der Waals surface area contributed by atoms with Crippen LogP contribution in [0.2, 0.25) is 5.15 Å². The predicted molar refractivity (Wildman–Crippen MR) is 68.9 cm³/mol. The first kappa shape index (κ1) is 14.9. The van der Waals surface area contributed by atoms with Crippen LogP contribution >= 0.6 is 11.6 Å². The number of ether oxygens (including phenoxy) is 2. The molecule has 0 saturated heterocycles. The largest absolute Gasteiger partial charge is 0.383 e. The van der Waals surface area contributed by atoms with Crippen LogP contribution < -0.4 is 0 Å². The van der Waals surface area contributed by atoms with Crippen LogP contribution in [0.5, 0.6) is 0 Å². The summed E-state index contributed by atoms with van der Waals surface area (Å²) >= 11 is 5.91. The summed E-state index contributed by atoms with van der Waals surface area (Å²) in [6.07, 6.45) is 1.55. The van der Waals surface area contributed by atoms with Crippen molar-refractivity contribution in [1.29, 1.82) is 0 Å². The molecule has 0 atom stereocenters. The van der Waals surface area contributed by atoms with Crippen LogP contribution in [-0.4, -0.2) is 56.3 Å². The van der Waals surface area contributed by atoms with Gasteiger partial charge in [-0.15, -0.1) is 0 Å². The standard InChI is InChI=1S/C12H17ClN2O3/c1-17-8-6-15(7-9-18-2)12(16)10-4-3-5-14-11(10)13/h3-5H,6-9H2,1-2H3. The zero-order chi connectivity index (χ0) is 13.4. The number of amides is 1. The molecule has 0 N–H and O–H groups in total. The lowest BCUT2D eigenvalue weighted by atomic mass is 10.2. The molecule has 0 fully saturated rings. The summed E-state index contributed by atoms with van der Waals surface area (Å²) in [4.78, 5) is 17.8. The van der Waals surface area contributed by atoms with E-state index in [1.165, 1.54) is 0 Å². The van der Waals surface area contributed by atoms with Crippen LogP contribution in [0.1, 0.15) is 10.4 Å². The topological polar surface area (TPSA) is 51.7 Å². The van der Waals surface area contributed by atoms with E-state index >= 15 is 0 Å². The molecule has 1 amide bonds. The Morgan fingerprint density at radius 1 is 1.33 bits per heavy atom. The average molecular weight is 273 g/mol. The smallest absolute Gasteiger partial charge is 0.257 e. The minimum Gasteiger partial charge on any atom is -0.383 e. The second-order valence-corrected chi connectivity index (χ2v) is 3.98. The van der Waals surface area contributed by atoms with Gasteiger partial charge in [0.15, 0.2) is 0 Å². The highest BCUT2D eigenvalue weighted by Crippen LogP contribution is 2.14. The number of hydrogen-bond acceptors (Lipinski definition) is 4. The molecule has 1 rings (SSSR count). The summed E-state index contributed by atoms with van der Waals surface area (Å²) in [7, 11) is 3.19. The minimum atomic E-state index is -0.165. The number of halogens is 1. The number of carbonyl (C=O) groups excluding carboxylic acids is 1. The van der Waals surface area contributed by atoms with Gasteiger partial charge in [-0.2, -0.15) is 0 Å². The first-order valence-corrected chi connectivity index (χ1v) is 5.96. The Morgan fingerprint density at radius 2 is 1.94 bits per heavy atom.